The van der Waals surface area contributed by atoms with Gasteiger partial charge in [0.05, 0.1) is 11.6 Å². The SMILES string of the molecule is CC(=O)c1ccc(OC2CCN(C(=O)c3ccc(C(=O)CC4CCN(Cc5ccc(C#N)cc5)C[C@H]4F)cn3)CC2)cc1. The van der Waals surface area contributed by atoms with Crippen molar-refractivity contribution in [2.45, 2.75) is 51.4 Å². The maximum absolute atomic E-state index is 15.0. The Morgan fingerprint density at radius 1 is 0.953 bits per heavy atom. The lowest BCUT2D eigenvalue weighted by molar-refractivity contribution is 0.0589. The molecule has 43 heavy (non-hydrogen) atoms. The Balaban J connectivity index is 1.07. The predicted molar refractivity (Wildman–Crippen MR) is 159 cm³/mol. The summed E-state index contributed by atoms with van der Waals surface area (Å²) in [5.41, 5.74) is 2.91. The number of hydrogen-bond acceptors (Lipinski definition) is 7. The lowest BCUT2D eigenvalue weighted by Gasteiger charge is -2.34. The van der Waals surface area contributed by atoms with E-state index >= 15 is 4.39 Å². The summed E-state index contributed by atoms with van der Waals surface area (Å²) in [6.07, 6.45) is 2.31. The molecule has 222 valence electrons. The van der Waals surface area contributed by atoms with E-state index in [9.17, 15) is 14.4 Å². The van der Waals surface area contributed by atoms with Gasteiger partial charge in [-0.3, -0.25) is 24.3 Å². The van der Waals surface area contributed by atoms with Crippen LogP contribution in [-0.2, 0) is 6.54 Å². The second-order valence-corrected chi connectivity index (χ2v) is 11.4. The van der Waals surface area contributed by atoms with Crippen LogP contribution in [0.4, 0.5) is 4.39 Å². The molecule has 2 aromatic carbocycles. The van der Waals surface area contributed by atoms with Crippen molar-refractivity contribution in [3.63, 3.8) is 0 Å². The van der Waals surface area contributed by atoms with E-state index in [2.05, 4.69) is 11.1 Å². The number of likely N-dealkylation sites (tertiary alicyclic amines) is 2. The van der Waals surface area contributed by atoms with Crippen LogP contribution in [0.25, 0.3) is 0 Å². The number of benzene rings is 2. The summed E-state index contributed by atoms with van der Waals surface area (Å²) in [7, 11) is 0. The number of halogens is 1. The van der Waals surface area contributed by atoms with Crippen LogP contribution in [0.1, 0.15) is 74.9 Å². The Bertz CT molecular complexity index is 1480. The van der Waals surface area contributed by atoms with Crippen molar-refractivity contribution in [1.29, 1.82) is 5.26 Å². The third kappa shape index (κ3) is 7.70. The van der Waals surface area contributed by atoms with Crippen molar-refractivity contribution in [2.75, 3.05) is 26.2 Å². The highest BCUT2D eigenvalue weighted by atomic mass is 19.1. The highest BCUT2D eigenvalue weighted by Gasteiger charge is 2.31. The molecule has 2 aliphatic heterocycles. The first-order valence-electron chi connectivity index (χ1n) is 14.7. The van der Waals surface area contributed by atoms with E-state index in [-0.39, 0.29) is 48.2 Å². The third-order valence-corrected chi connectivity index (χ3v) is 8.29. The van der Waals surface area contributed by atoms with Gasteiger partial charge in [0.2, 0.25) is 0 Å². The highest BCUT2D eigenvalue weighted by molar-refractivity contribution is 5.97. The molecule has 1 unspecified atom stereocenters. The van der Waals surface area contributed by atoms with Crippen molar-refractivity contribution in [1.82, 2.24) is 14.8 Å². The van der Waals surface area contributed by atoms with Crippen LogP contribution in [0.5, 0.6) is 5.75 Å². The summed E-state index contributed by atoms with van der Waals surface area (Å²) in [6.45, 7) is 4.14. The largest absolute Gasteiger partial charge is 0.490 e. The van der Waals surface area contributed by atoms with E-state index in [1.165, 1.54) is 13.1 Å². The van der Waals surface area contributed by atoms with Gasteiger partial charge in [-0.25, -0.2) is 4.39 Å². The van der Waals surface area contributed by atoms with E-state index < -0.39 is 6.17 Å². The van der Waals surface area contributed by atoms with Crippen molar-refractivity contribution in [2.24, 2.45) is 5.92 Å². The van der Waals surface area contributed by atoms with Crippen LogP contribution < -0.4 is 4.74 Å². The van der Waals surface area contributed by atoms with E-state index in [0.29, 0.717) is 67.9 Å². The number of rotatable bonds is 9. The van der Waals surface area contributed by atoms with Gasteiger partial charge in [-0.1, -0.05) is 12.1 Å². The Hall–Kier alpha value is -4.42. The second kappa shape index (κ2) is 13.7. The number of carbonyl (C=O) groups is 3. The van der Waals surface area contributed by atoms with Crippen LogP contribution in [0.3, 0.4) is 0 Å². The molecule has 3 heterocycles. The molecule has 9 heteroatoms. The van der Waals surface area contributed by atoms with E-state index in [4.69, 9.17) is 10.00 Å². The molecule has 8 nitrogen and oxygen atoms in total. The standard InChI is InChI=1S/C34H35FN4O4/c1-23(40)26-6-9-29(10-7-26)43-30-13-16-39(17-14-30)34(42)32-11-8-28(20-37-32)33(41)18-27-12-15-38(22-31(27)35)21-25-4-2-24(19-36)3-5-25/h2-11,20,27,30-31H,12-18,21-22H2,1H3/t27?,31-/m1/s1. The fraction of sp³-hybridized carbons (Fsp3) is 0.382. The fourth-order valence-electron chi connectivity index (χ4n) is 5.67. The molecule has 2 fully saturated rings. The molecule has 0 aliphatic carbocycles. The Labute approximate surface area is 251 Å². The molecule has 0 saturated carbocycles. The summed E-state index contributed by atoms with van der Waals surface area (Å²) < 4.78 is 21.1. The van der Waals surface area contributed by atoms with Crippen LogP contribution >= 0.6 is 0 Å². The topological polar surface area (TPSA) is 104 Å². The van der Waals surface area contributed by atoms with Crippen LogP contribution in [0, 0.1) is 17.2 Å². The van der Waals surface area contributed by atoms with Crippen LogP contribution in [0.15, 0.2) is 66.9 Å². The van der Waals surface area contributed by atoms with Gasteiger partial charge < -0.3 is 9.64 Å². The number of hydrogen-bond donors (Lipinski definition) is 0. The molecule has 2 atom stereocenters. The second-order valence-electron chi connectivity index (χ2n) is 11.4. The molecule has 0 N–H and O–H groups in total. The van der Waals surface area contributed by atoms with Gasteiger partial charge in [0.25, 0.3) is 5.91 Å². The molecule has 1 amide bonds. The van der Waals surface area contributed by atoms with Crippen molar-refractivity contribution in [3.05, 3.63) is 94.8 Å². The normalized spacial score (nSPS) is 19.4. The monoisotopic (exact) mass is 582 g/mol. The Morgan fingerprint density at radius 2 is 1.65 bits per heavy atom. The molecule has 5 rings (SSSR count). The minimum atomic E-state index is -1.11. The van der Waals surface area contributed by atoms with E-state index in [0.717, 1.165) is 5.56 Å². The van der Waals surface area contributed by atoms with Crippen molar-refractivity contribution >= 4 is 17.5 Å². The number of carbonyl (C=O) groups excluding carboxylic acids is 3. The maximum atomic E-state index is 15.0. The number of nitriles is 1. The van der Waals surface area contributed by atoms with Crippen molar-refractivity contribution in [3.8, 4) is 11.8 Å². The average molecular weight is 583 g/mol. The zero-order valence-corrected chi connectivity index (χ0v) is 24.2. The number of nitrogens with zero attached hydrogens (tertiary/aromatic N) is 4. The Kier molecular flexibility index (Phi) is 9.58. The number of Topliss-reactive ketones (excluding diaryl/α,β-unsaturated/α-hetero) is 2. The van der Waals surface area contributed by atoms with E-state index in [1.807, 2.05) is 17.0 Å². The van der Waals surface area contributed by atoms with Gasteiger partial charge in [0.1, 0.15) is 23.7 Å². The van der Waals surface area contributed by atoms with Crippen LogP contribution in [-0.4, -0.2) is 70.7 Å². The third-order valence-electron chi connectivity index (χ3n) is 8.29. The quantitative estimate of drug-likeness (QED) is 0.317. The Morgan fingerprint density at radius 3 is 2.26 bits per heavy atom. The molecule has 3 aromatic rings. The summed E-state index contributed by atoms with van der Waals surface area (Å²) in [4.78, 5) is 45.5. The minimum Gasteiger partial charge on any atom is -0.490 e. The first kappa shape index (κ1) is 30.1. The van der Waals surface area contributed by atoms with Gasteiger partial charge in [0, 0.05) is 62.8 Å². The zero-order chi connectivity index (χ0) is 30.3. The molecule has 2 aliphatic rings. The highest BCUT2D eigenvalue weighted by Crippen LogP contribution is 2.27. The van der Waals surface area contributed by atoms with Gasteiger partial charge in [-0.15, -0.1) is 0 Å². The molecule has 2 saturated heterocycles. The lowest BCUT2D eigenvalue weighted by Crippen LogP contribution is -2.42. The molecular formula is C34H35FN4O4. The smallest absolute Gasteiger partial charge is 0.272 e. The van der Waals surface area contributed by atoms with Gasteiger partial charge >= 0.3 is 0 Å². The van der Waals surface area contributed by atoms with Gasteiger partial charge in [-0.2, -0.15) is 5.26 Å². The van der Waals surface area contributed by atoms with Gasteiger partial charge in [0.15, 0.2) is 11.6 Å². The summed E-state index contributed by atoms with van der Waals surface area (Å²) in [6, 6.07) is 19.6. The van der Waals surface area contributed by atoms with Gasteiger partial charge in [-0.05, 0) is 79.9 Å². The molecule has 0 spiro atoms. The summed E-state index contributed by atoms with van der Waals surface area (Å²) in [5, 5.41) is 8.95. The lowest BCUT2D eigenvalue weighted by atomic mass is 9.88. The van der Waals surface area contributed by atoms with Crippen molar-refractivity contribution < 1.29 is 23.5 Å². The van der Waals surface area contributed by atoms with Crippen LogP contribution in [0.2, 0.25) is 0 Å². The zero-order valence-electron chi connectivity index (χ0n) is 24.2. The molecule has 1 aromatic heterocycles. The molecular weight excluding hydrogens is 547 g/mol. The first-order valence-corrected chi connectivity index (χ1v) is 14.7. The van der Waals surface area contributed by atoms with E-state index in [1.54, 1.807) is 53.4 Å². The predicted octanol–water partition coefficient (Wildman–Crippen LogP) is 5.27. The fourth-order valence-corrected chi connectivity index (χ4v) is 5.67. The number of pyridine rings is 1. The number of alkyl halides is 1. The number of aromatic nitrogens is 1. The average Bonchev–Trinajstić information content (AvgIpc) is 3.03. The number of ether oxygens (including phenoxy) is 1. The summed E-state index contributed by atoms with van der Waals surface area (Å²) in [5.74, 6) is -0.0201. The maximum Gasteiger partial charge on any atom is 0.272 e. The summed E-state index contributed by atoms with van der Waals surface area (Å²) >= 11 is 0. The number of ketones is 2. The molecule has 0 radical (unpaired) electrons. The first-order chi connectivity index (χ1) is 20.8. The number of piperidine rings is 2. The minimum absolute atomic E-state index is 0.00606. The molecule has 0 bridgehead atoms. The number of amides is 1.